The molecule has 14 heavy (non-hydrogen) atoms. The van der Waals surface area contributed by atoms with E-state index in [0.717, 1.165) is 5.75 Å². The summed E-state index contributed by atoms with van der Waals surface area (Å²) in [5, 5.41) is 9.44. The second kappa shape index (κ2) is 6.69. The van der Waals surface area contributed by atoms with E-state index >= 15 is 0 Å². The van der Waals surface area contributed by atoms with Crippen molar-refractivity contribution in [3.8, 4) is 0 Å². The van der Waals surface area contributed by atoms with E-state index in [2.05, 4.69) is 13.8 Å². The fourth-order valence-electron chi connectivity index (χ4n) is 0.873. The van der Waals surface area contributed by atoms with Gasteiger partial charge in [0.05, 0.1) is 11.9 Å². The summed E-state index contributed by atoms with van der Waals surface area (Å²) < 4.78 is 21.6. The molecule has 0 amide bonds. The van der Waals surface area contributed by atoms with Crippen LogP contribution >= 0.6 is 11.8 Å². The first-order valence-electron chi connectivity index (χ1n) is 4.75. The molecule has 3 nitrogen and oxygen atoms in total. The van der Waals surface area contributed by atoms with Crippen molar-refractivity contribution in [3.63, 3.8) is 0 Å². The smallest absolute Gasteiger partial charge is 0.147 e. The van der Waals surface area contributed by atoms with Gasteiger partial charge in [-0.05, 0) is 18.1 Å². The molecule has 5 heteroatoms. The van der Waals surface area contributed by atoms with Gasteiger partial charge in [0, 0.05) is 12.0 Å². The number of aliphatic hydroxyl groups excluding tert-OH is 1. The molecule has 0 aromatic heterocycles. The zero-order valence-corrected chi connectivity index (χ0v) is 10.7. The van der Waals surface area contributed by atoms with Crippen LogP contribution in [0.4, 0.5) is 0 Å². The minimum absolute atomic E-state index is 0.0798. The topological polar surface area (TPSA) is 54.4 Å². The molecule has 0 saturated carbocycles. The number of hydrogen-bond acceptors (Lipinski definition) is 4. The van der Waals surface area contributed by atoms with Gasteiger partial charge in [-0.3, -0.25) is 0 Å². The van der Waals surface area contributed by atoms with E-state index in [-0.39, 0.29) is 5.75 Å². The second-order valence-electron chi connectivity index (χ2n) is 4.00. The van der Waals surface area contributed by atoms with Crippen molar-refractivity contribution in [2.45, 2.75) is 26.4 Å². The predicted octanol–water partition coefficient (Wildman–Crippen LogP) is 1.17. The SMILES string of the molecule is CC(C)CSCC(O)CCS(C)(=O)=O. The van der Waals surface area contributed by atoms with Crippen molar-refractivity contribution in [3.05, 3.63) is 0 Å². The number of sulfone groups is 1. The maximum Gasteiger partial charge on any atom is 0.147 e. The van der Waals surface area contributed by atoms with Crippen LogP contribution in [0.2, 0.25) is 0 Å². The van der Waals surface area contributed by atoms with E-state index in [0.29, 0.717) is 18.1 Å². The molecule has 1 unspecified atom stereocenters. The first-order chi connectivity index (χ1) is 6.31. The summed E-state index contributed by atoms with van der Waals surface area (Å²) in [5.41, 5.74) is 0. The second-order valence-corrected chi connectivity index (χ2v) is 7.34. The Morgan fingerprint density at radius 2 is 1.86 bits per heavy atom. The van der Waals surface area contributed by atoms with Gasteiger partial charge in [0.2, 0.25) is 0 Å². The summed E-state index contributed by atoms with van der Waals surface area (Å²) in [6, 6.07) is 0. The Balaban J connectivity index is 3.51. The zero-order chi connectivity index (χ0) is 11.2. The fourth-order valence-corrected chi connectivity index (χ4v) is 2.62. The maximum absolute atomic E-state index is 10.8. The quantitative estimate of drug-likeness (QED) is 0.726. The summed E-state index contributed by atoms with van der Waals surface area (Å²) in [6.45, 7) is 4.24. The van der Waals surface area contributed by atoms with Gasteiger partial charge in [-0.1, -0.05) is 13.8 Å². The lowest BCUT2D eigenvalue weighted by Crippen LogP contribution is -2.16. The van der Waals surface area contributed by atoms with E-state index in [9.17, 15) is 13.5 Å². The molecule has 0 radical (unpaired) electrons. The van der Waals surface area contributed by atoms with Crippen LogP contribution in [0, 0.1) is 5.92 Å². The van der Waals surface area contributed by atoms with Crippen molar-refractivity contribution in [1.82, 2.24) is 0 Å². The first-order valence-corrected chi connectivity index (χ1v) is 7.96. The summed E-state index contributed by atoms with van der Waals surface area (Å²) in [6.07, 6.45) is 1.05. The van der Waals surface area contributed by atoms with E-state index in [1.54, 1.807) is 11.8 Å². The molecule has 1 N–H and O–H groups in total. The van der Waals surface area contributed by atoms with Crippen molar-refractivity contribution >= 4 is 21.6 Å². The number of hydrogen-bond donors (Lipinski definition) is 1. The number of thioether (sulfide) groups is 1. The average molecular weight is 240 g/mol. The lowest BCUT2D eigenvalue weighted by atomic mass is 10.3. The largest absolute Gasteiger partial charge is 0.392 e. The number of rotatable bonds is 7. The van der Waals surface area contributed by atoms with Crippen LogP contribution in [0.15, 0.2) is 0 Å². The Bertz CT molecular complexity index is 234. The summed E-state index contributed by atoms with van der Waals surface area (Å²) >= 11 is 1.68. The molecule has 86 valence electrons. The molecule has 0 aromatic rings. The molecule has 0 fully saturated rings. The van der Waals surface area contributed by atoms with Crippen LogP contribution in [0.3, 0.4) is 0 Å². The summed E-state index contributed by atoms with van der Waals surface area (Å²) in [7, 11) is -2.93. The lowest BCUT2D eigenvalue weighted by Gasteiger charge is -2.10. The number of aliphatic hydroxyl groups is 1. The van der Waals surface area contributed by atoms with Crippen LogP contribution in [-0.2, 0) is 9.84 Å². The van der Waals surface area contributed by atoms with Gasteiger partial charge in [-0.25, -0.2) is 8.42 Å². The Kier molecular flexibility index (Phi) is 6.81. The highest BCUT2D eigenvalue weighted by Gasteiger charge is 2.09. The van der Waals surface area contributed by atoms with Gasteiger partial charge >= 0.3 is 0 Å². The van der Waals surface area contributed by atoms with Crippen LogP contribution in [-0.4, -0.2) is 43.1 Å². The summed E-state index contributed by atoms with van der Waals surface area (Å²) in [5.74, 6) is 2.34. The van der Waals surface area contributed by atoms with Crippen molar-refractivity contribution < 1.29 is 13.5 Å². The molecular formula is C9H20O3S2. The van der Waals surface area contributed by atoms with Crippen molar-refractivity contribution in [1.29, 1.82) is 0 Å². The van der Waals surface area contributed by atoms with E-state index in [1.165, 1.54) is 6.26 Å². The third-order valence-corrected chi connectivity index (χ3v) is 4.08. The monoisotopic (exact) mass is 240 g/mol. The highest BCUT2D eigenvalue weighted by Crippen LogP contribution is 2.10. The molecule has 0 saturated heterocycles. The zero-order valence-electron chi connectivity index (χ0n) is 9.06. The minimum atomic E-state index is -2.93. The van der Waals surface area contributed by atoms with Gasteiger partial charge in [0.15, 0.2) is 0 Å². The molecule has 0 aromatic carbocycles. The molecule has 0 bridgehead atoms. The Morgan fingerprint density at radius 3 is 2.29 bits per heavy atom. The molecular weight excluding hydrogens is 220 g/mol. The fraction of sp³-hybridized carbons (Fsp3) is 1.00. The highest BCUT2D eigenvalue weighted by atomic mass is 32.2. The van der Waals surface area contributed by atoms with Gasteiger partial charge in [-0.15, -0.1) is 0 Å². The Morgan fingerprint density at radius 1 is 1.29 bits per heavy atom. The molecule has 0 aliphatic rings. The van der Waals surface area contributed by atoms with Gasteiger partial charge in [0.25, 0.3) is 0 Å². The van der Waals surface area contributed by atoms with Crippen LogP contribution in [0.25, 0.3) is 0 Å². The predicted molar refractivity (Wildman–Crippen MR) is 62.5 cm³/mol. The van der Waals surface area contributed by atoms with Gasteiger partial charge in [0.1, 0.15) is 9.84 Å². The van der Waals surface area contributed by atoms with Crippen LogP contribution in [0.5, 0.6) is 0 Å². The van der Waals surface area contributed by atoms with Crippen molar-refractivity contribution in [2.24, 2.45) is 5.92 Å². The molecule has 0 spiro atoms. The molecule has 1 atom stereocenters. The first kappa shape index (κ1) is 14.3. The van der Waals surface area contributed by atoms with Crippen LogP contribution in [0.1, 0.15) is 20.3 Å². The Labute approximate surface area is 91.2 Å². The van der Waals surface area contributed by atoms with E-state index < -0.39 is 15.9 Å². The van der Waals surface area contributed by atoms with Crippen LogP contribution < -0.4 is 0 Å². The molecule has 0 aliphatic carbocycles. The Hall–Kier alpha value is 0.260. The lowest BCUT2D eigenvalue weighted by molar-refractivity contribution is 0.196. The minimum Gasteiger partial charge on any atom is -0.392 e. The van der Waals surface area contributed by atoms with Gasteiger partial charge in [-0.2, -0.15) is 11.8 Å². The third kappa shape index (κ3) is 10.3. The van der Waals surface area contributed by atoms with E-state index in [1.807, 2.05) is 0 Å². The standard InChI is InChI=1S/C9H20O3S2/c1-8(2)6-13-7-9(10)4-5-14(3,11)12/h8-10H,4-7H2,1-3H3. The maximum atomic E-state index is 10.8. The normalized spacial score (nSPS) is 14.6. The molecule has 0 rings (SSSR count). The van der Waals surface area contributed by atoms with Gasteiger partial charge < -0.3 is 5.11 Å². The third-order valence-electron chi connectivity index (χ3n) is 1.58. The van der Waals surface area contributed by atoms with E-state index in [4.69, 9.17) is 0 Å². The van der Waals surface area contributed by atoms with Crippen molar-refractivity contribution in [2.75, 3.05) is 23.5 Å². The summed E-state index contributed by atoms with van der Waals surface area (Å²) in [4.78, 5) is 0. The highest BCUT2D eigenvalue weighted by molar-refractivity contribution is 7.99. The molecule has 0 heterocycles. The molecule has 0 aliphatic heterocycles. The average Bonchev–Trinajstić information content (AvgIpc) is 1.99.